The number of nitrogens with zero attached hydrogens (tertiary/aromatic N) is 1. The van der Waals surface area contributed by atoms with Gasteiger partial charge < -0.3 is 11.1 Å². The smallest absolute Gasteiger partial charge is 0.225 e. The minimum atomic E-state index is -0.601. The molecule has 17 heavy (non-hydrogen) atoms. The number of carbonyl (C=O) groups excluding carboxylic acids is 1. The Morgan fingerprint density at radius 1 is 1.65 bits per heavy atom. The Morgan fingerprint density at radius 3 is 2.94 bits per heavy atom. The van der Waals surface area contributed by atoms with Gasteiger partial charge in [-0.1, -0.05) is 6.92 Å². The van der Waals surface area contributed by atoms with Gasteiger partial charge in [-0.05, 0) is 24.6 Å². The Bertz CT molecular complexity index is 454. The van der Waals surface area contributed by atoms with E-state index in [1.54, 1.807) is 6.07 Å². The zero-order chi connectivity index (χ0) is 12.8. The maximum atomic E-state index is 13.0. The lowest BCUT2D eigenvalue weighted by Gasteiger charge is -2.09. The molecule has 0 aliphatic rings. The van der Waals surface area contributed by atoms with Crippen LogP contribution in [0.1, 0.15) is 25.3 Å². The Morgan fingerprint density at radius 2 is 2.35 bits per heavy atom. The Labute approximate surface area is 99.2 Å². The lowest BCUT2D eigenvalue weighted by molar-refractivity contribution is -0.116. The number of benzene rings is 1. The zero-order valence-corrected chi connectivity index (χ0v) is 9.53. The summed E-state index contributed by atoms with van der Waals surface area (Å²) in [6, 6.07) is 5.37. The van der Waals surface area contributed by atoms with E-state index in [0.29, 0.717) is 12.1 Å². The third kappa shape index (κ3) is 3.85. The van der Waals surface area contributed by atoms with Crippen LogP contribution in [0.2, 0.25) is 0 Å². The molecular weight excluding hydrogens is 221 g/mol. The van der Waals surface area contributed by atoms with Crippen LogP contribution in [0.3, 0.4) is 0 Å². The number of nitrogens with one attached hydrogen (secondary N) is 1. The SMILES string of the molecule is CCC(N)CC(=O)Nc1ccc(F)c(C#N)c1. The molecule has 0 saturated heterocycles. The fourth-order valence-corrected chi connectivity index (χ4v) is 1.28. The van der Waals surface area contributed by atoms with Crippen molar-refractivity contribution < 1.29 is 9.18 Å². The summed E-state index contributed by atoms with van der Waals surface area (Å²) in [5.41, 5.74) is 5.94. The average Bonchev–Trinajstić information content (AvgIpc) is 2.31. The first-order valence-electron chi connectivity index (χ1n) is 5.32. The van der Waals surface area contributed by atoms with Crippen LogP contribution in [-0.4, -0.2) is 11.9 Å². The second-order valence-corrected chi connectivity index (χ2v) is 3.73. The maximum Gasteiger partial charge on any atom is 0.225 e. The Balaban J connectivity index is 2.69. The summed E-state index contributed by atoms with van der Waals surface area (Å²) in [4.78, 5) is 11.5. The molecular formula is C12H14FN3O. The number of rotatable bonds is 4. The number of hydrogen-bond acceptors (Lipinski definition) is 3. The second kappa shape index (κ2) is 5.97. The molecule has 0 aromatic heterocycles. The second-order valence-electron chi connectivity index (χ2n) is 3.73. The predicted molar refractivity (Wildman–Crippen MR) is 62.6 cm³/mol. The molecule has 5 heteroatoms. The van der Waals surface area contributed by atoms with Gasteiger partial charge in [0.25, 0.3) is 0 Å². The first kappa shape index (κ1) is 13.1. The summed E-state index contributed by atoms with van der Waals surface area (Å²) < 4.78 is 13.0. The third-order valence-corrected chi connectivity index (χ3v) is 2.34. The van der Waals surface area contributed by atoms with Crippen LogP contribution in [0.4, 0.5) is 10.1 Å². The number of halogens is 1. The van der Waals surface area contributed by atoms with E-state index in [-0.39, 0.29) is 23.9 Å². The number of anilines is 1. The van der Waals surface area contributed by atoms with Gasteiger partial charge in [0.1, 0.15) is 11.9 Å². The highest BCUT2D eigenvalue weighted by Crippen LogP contribution is 2.14. The standard InChI is InChI=1S/C12H14FN3O/c1-2-9(15)6-12(17)16-10-3-4-11(13)8(5-10)7-14/h3-5,9H,2,6,15H2,1H3,(H,16,17). The van der Waals surface area contributed by atoms with Crippen LogP contribution in [0.5, 0.6) is 0 Å². The molecule has 4 nitrogen and oxygen atoms in total. The van der Waals surface area contributed by atoms with Crippen molar-refractivity contribution in [3.05, 3.63) is 29.6 Å². The van der Waals surface area contributed by atoms with Crippen molar-refractivity contribution in [3.8, 4) is 6.07 Å². The summed E-state index contributed by atoms with van der Waals surface area (Å²) >= 11 is 0. The van der Waals surface area contributed by atoms with Crippen molar-refractivity contribution in [2.24, 2.45) is 5.73 Å². The monoisotopic (exact) mass is 235 g/mol. The van der Waals surface area contributed by atoms with Gasteiger partial charge in [-0.15, -0.1) is 0 Å². The molecule has 1 aromatic rings. The summed E-state index contributed by atoms with van der Waals surface area (Å²) in [5, 5.41) is 11.2. The summed E-state index contributed by atoms with van der Waals surface area (Å²) in [7, 11) is 0. The van der Waals surface area contributed by atoms with Gasteiger partial charge in [0.2, 0.25) is 5.91 Å². The van der Waals surface area contributed by atoms with Gasteiger partial charge in [-0.3, -0.25) is 4.79 Å². The number of hydrogen-bond donors (Lipinski definition) is 2. The molecule has 1 aromatic carbocycles. The molecule has 0 heterocycles. The topological polar surface area (TPSA) is 78.9 Å². The first-order chi connectivity index (χ1) is 8.06. The minimum absolute atomic E-state index is 0.0948. The molecule has 0 saturated carbocycles. The van der Waals surface area contributed by atoms with Gasteiger partial charge in [0.15, 0.2) is 0 Å². The van der Waals surface area contributed by atoms with E-state index in [1.165, 1.54) is 12.1 Å². The first-order valence-corrected chi connectivity index (χ1v) is 5.32. The number of amides is 1. The number of nitrogens with two attached hydrogens (primary N) is 1. The van der Waals surface area contributed by atoms with E-state index < -0.39 is 5.82 Å². The van der Waals surface area contributed by atoms with Crippen molar-refractivity contribution >= 4 is 11.6 Å². The Hall–Kier alpha value is -1.93. The van der Waals surface area contributed by atoms with E-state index >= 15 is 0 Å². The van der Waals surface area contributed by atoms with Crippen LogP contribution in [-0.2, 0) is 4.79 Å². The number of nitriles is 1. The van der Waals surface area contributed by atoms with Crippen LogP contribution in [0, 0.1) is 17.1 Å². The van der Waals surface area contributed by atoms with Gasteiger partial charge in [-0.2, -0.15) is 5.26 Å². The molecule has 0 aliphatic heterocycles. The van der Waals surface area contributed by atoms with E-state index in [4.69, 9.17) is 11.0 Å². The molecule has 1 amide bonds. The van der Waals surface area contributed by atoms with E-state index in [1.807, 2.05) is 6.92 Å². The molecule has 0 spiro atoms. The molecule has 3 N–H and O–H groups in total. The Kier molecular flexibility index (Phi) is 4.61. The molecule has 1 unspecified atom stereocenters. The molecule has 0 aliphatic carbocycles. The van der Waals surface area contributed by atoms with E-state index in [2.05, 4.69) is 5.32 Å². The highest BCUT2D eigenvalue weighted by Gasteiger charge is 2.09. The maximum absolute atomic E-state index is 13.0. The number of carbonyl (C=O) groups is 1. The van der Waals surface area contributed by atoms with Crippen molar-refractivity contribution in [1.29, 1.82) is 5.26 Å². The van der Waals surface area contributed by atoms with Crippen LogP contribution in [0.25, 0.3) is 0 Å². The third-order valence-electron chi connectivity index (χ3n) is 2.34. The van der Waals surface area contributed by atoms with Gasteiger partial charge in [0.05, 0.1) is 5.56 Å². The highest BCUT2D eigenvalue weighted by atomic mass is 19.1. The quantitative estimate of drug-likeness (QED) is 0.834. The molecule has 0 fully saturated rings. The van der Waals surface area contributed by atoms with E-state index in [9.17, 15) is 9.18 Å². The fraction of sp³-hybridized carbons (Fsp3) is 0.333. The summed E-state index contributed by atoms with van der Waals surface area (Å²) in [6.07, 6.45) is 0.913. The lowest BCUT2D eigenvalue weighted by Crippen LogP contribution is -2.26. The largest absolute Gasteiger partial charge is 0.327 e. The molecule has 1 atom stereocenters. The van der Waals surface area contributed by atoms with Gasteiger partial charge in [-0.25, -0.2) is 4.39 Å². The van der Waals surface area contributed by atoms with Crippen LogP contribution in [0.15, 0.2) is 18.2 Å². The average molecular weight is 235 g/mol. The van der Waals surface area contributed by atoms with Crippen LogP contribution >= 0.6 is 0 Å². The van der Waals surface area contributed by atoms with Gasteiger partial charge >= 0.3 is 0 Å². The summed E-state index contributed by atoms with van der Waals surface area (Å²) in [5.74, 6) is -0.842. The lowest BCUT2D eigenvalue weighted by atomic mass is 10.1. The highest BCUT2D eigenvalue weighted by molar-refractivity contribution is 5.91. The molecule has 90 valence electrons. The van der Waals surface area contributed by atoms with Crippen molar-refractivity contribution in [1.82, 2.24) is 0 Å². The van der Waals surface area contributed by atoms with Crippen molar-refractivity contribution in [3.63, 3.8) is 0 Å². The normalized spacial score (nSPS) is 11.6. The predicted octanol–water partition coefficient (Wildman–Crippen LogP) is 1.76. The minimum Gasteiger partial charge on any atom is -0.327 e. The van der Waals surface area contributed by atoms with Crippen LogP contribution < -0.4 is 11.1 Å². The van der Waals surface area contributed by atoms with Gasteiger partial charge in [0, 0.05) is 18.2 Å². The molecule has 1 rings (SSSR count). The summed E-state index contributed by atoms with van der Waals surface area (Å²) in [6.45, 7) is 1.89. The van der Waals surface area contributed by atoms with Crippen molar-refractivity contribution in [2.75, 3.05) is 5.32 Å². The van der Waals surface area contributed by atoms with E-state index in [0.717, 1.165) is 6.07 Å². The zero-order valence-electron chi connectivity index (χ0n) is 9.53. The molecule has 0 radical (unpaired) electrons. The fourth-order valence-electron chi connectivity index (χ4n) is 1.28. The molecule has 0 bridgehead atoms. The van der Waals surface area contributed by atoms with Crippen molar-refractivity contribution in [2.45, 2.75) is 25.8 Å².